The van der Waals surface area contributed by atoms with Gasteiger partial charge < -0.3 is 12.4 Å². The number of carboxylic acids is 1. The Morgan fingerprint density at radius 3 is 2.48 bits per heavy atom. The topological polar surface area (TPSA) is 67.5 Å². The van der Waals surface area contributed by atoms with Crippen LogP contribution in [-0.4, -0.2) is 46.6 Å². The van der Waals surface area contributed by atoms with Crippen molar-refractivity contribution in [3.63, 3.8) is 0 Å². The van der Waals surface area contributed by atoms with E-state index in [-0.39, 0.29) is 42.3 Å². The molecule has 0 saturated heterocycles. The Morgan fingerprint density at radius 2 is 1.87 bits per heavy atom. The molecule has 23 heavy (non-hydrogen) atoms. The molecule has 0 fully saturated rings. The average molecular weight is 359 g/mol. The van der Waals surface area contributed by atoms with Crippen molar-refractivity contribution in [2.24, 2.45) is 0 Å². The van der Waals surface area contributed by atoms with Crippen molar-refractivity contribution < 1.29 is 17.2 Å². The summed E-state index contributed by atoms with van der Waals surface area (Å²) in [5.41, 5.74) is 0.816. The molecule has 0 unspecified atom stereocenters. The predicted octanol–water partition coefficient (Wildman–Crippen LogP) is 3.93. The zero-order valence-electron chi connectivity index (χ0n) is 14.6. The number of rotatable bonds is 3. The molecule has 0 spiro atoms. The molecule has 3 aromatic rings. The molecule has 1 aromatic heterocycles. The molecule has 0 amide bonds. The van der Waals surface area contributed by atoms with Crippen LogP contribution in [-0.2, 0) is 0 Å². The fourth-order valence-corrected chi connectivity index (χ4v) is 3.43. The summed E-state index contributed by atoms with van der Waals surface area (Å²) in [6.45, 7) is 0. The second-order valence-corrected chi connectivity index (χ2v) is 6.38. The Kier molecular flexibility index (Phi) is 5.67. The average Bonchev–Trinajstić information content (AvgIpc) is 2.54. The van der Waals surface area contributed by atoms with Crippen LogP contribution in [0.2, 0.25) is 0 Å². The molecule has 0 aliphatic rings. The molecule has 116 valence electrons. The van der Waals surface area contributed by atoms with Gasteiger partial charge in [-0.1, -0.05) is 0 Å². The summed E-state index contributed by atoms with van der Waals surface area (Å²) < 4.78 is 5.86. The summed E-state index contributed by atoms with van der Waals surface area (Å²) >= 11 is 3.06. The number of thioether (sulfide) groups is 2. The number of hydrogen-bond acceptors (Lipinski definition) is 5. The Labute approximate surface area is 159 Å². The Morgan fingerprint density at radius 1 is 1.13 bits per heavy atom. The molecule has 0 bridgehead atoms. The van der Waals surface area contributed by atoms with E-state index in [1.54, 1.807) is 17.8 Å². The Balaban J connectivity index is 0.00000192. The summed E-state index contributed by atoms with van der Waals surface area (Å²) in [6, 6.07) is 8.12. The second kappa shape index (κ2) is 7.17. The van der Waals surface area contributed by atoms with Crippen LogP contribution in [0, 0.1) is 0 Å². The largest absolute Gasteiger partial charge is 2.00 e. The molecule has 0 saturated carbocycles. The van der Waals surface area contributed by atoms with Crippen molar-refractivity contribution in [1.29, 1.82) is 0 Å². The van der Waals surface area contributed by atoms with E-state index in [0.717, 1.165) is 9.79 Å². The summed E-state index contributed by atoms with van der Waals surface area (Å²) in [5.74, 6) is -1.07. The minimum atomic E-state index is -1.07. The van der Waals surface area contributed by atoms with Crippen molar-refractivity contribution in [2.45, 2.75) is 9.79 Å². The molecule has 4 nitrogen and oxygen atoms in total. The monoisotopic (exact) mass is 358 g/mol. The zero-order chi connectivity index (χ0) is 15.9. The van der Waals surface area contributed by atoms with E-state index in [9.17, 15) is 9.59 Å². The van der Waals surface area contributed by atoms with E-state index >= 15 is 0 Å². The smallest absolute Gasteiger partial charge is 1.00 e. The van der Waals surface area contributed by atoms with Crippen LogP contribution < -0.4 is 5.43 Å². The number of fused-ring (bicyclic) bond motifs is 2. The number of carboxylic acid groups (broad SMARTS) is 1. The fourth-order valence-electron chi connectivity index (χ4n) is 2.30. The van der Waals surface area contributed by atoms with Gasteiger partial charge in [-0.3, -0.25) is 4.79 Å². The van der Waals surface area contributed by atoms with Crippen LogP contribution >= 0.6 is 23.5 Å². The number of carbonyl (C=O) groups is 1. The van der Waals surface area contributed by atoms with E-state index in [4.69, 9.17) is 9.52 Å². The van der Waals surface area contributed by atoms with Crippen LogP contribution in [0.4, 0.5) is 0 Å². The third-order valence-corrected chi connectivity index (χ3v) is 4.86. The van der Waals surface area contributed by atoms with Gasteiger partial charge in [-0.15, -0.1) is 23.5 Å². The van der Waals surface area contributed by atoms with Gasteiger partial charge in [-0.2, -0.15) is 0 Å². The first kappa shape index (κ1) is 18.2. The molecule has 3 rings (SSSR count). The standard InChI is InChI=1S/C16H12O4S2.Mg.2H/c1-21-9-6-11-14(17)10-5-8(16(18)19)3-4-12(10)20-15(11)13(7-9)22-2;;;/h3-7H,1-2H3,(H,18,19);;;/q;+2;2*-1. The quantitative estimate of drug-likeness (QED) is 0.434. The van der Waals surface area contributed by atoms with Gasteiger partial charge in [0.15, 0.2) is 5.58 Å². The van der Waals surface area contributed by atoms with Crippen molar-refractivity contribution in [3.8, 4) is 0 Å². The maximum atomic E-state index is 12.7. The van der Waals surface area contributed by atoms with Crippen molar-refractivity contribution in [1.82, 2.24) is 0 Å². The van der Waals surface area contributed by atoms with Crippen molar-refractivity contribution in [2.75, 3.05) is 12.5 Å². The van der Waals surface area contributed by atoms with E-state index in [1.807, 2.05) is 18.6 Å². The van der Waals surface area contributed by atoms with Crippen LogP contribution in [0.1, 0.15) is 13.2 Å². The Bertz CT molecular complexity index is 976. The predicted molar refractivity (Wildman–Crippen MR) is 98.5 cm³/mol. The summed E-state index contributed by atoms with van der Waals surface area (Å²) in [6.07, 6.45) is 3.87. The minimum absolute atomic E-state index is 0. The Hall–Kier alpha value is -1.15. The molecule has 7 heteroatoms. The maximum absolute atomic E-state index is 12.7. The van der Waals surface area contributed by atoms with Gasteiger partial charge in [0.1, 0.15) is 5.58 Å². The molecule has 0 aliphatic heterocycles. The first-order valence-corrected chi connectivity index (χ1v) is 8.86. The van der Waals surface area contributed by atoms with Crippen LogP contribution in [0.15, 0.2) is 49.3 Å². The van der Waals surface area contributed by atoms with Crippen LogP contribution in [0.3, 0.4) is 0 Å². The van der Waals surface area contributed by atoms with Gasteiger partial charge in [0.05, 0.1) is 21.2 Å². The SMILES string of the molecule is CSc1cc(SC)c2oc3ccc(C(=O)O)cc3c(=O)c2c1.[H-].[H-].[Mg+2]. The van der Waals surface area contributed by atoms with E-state index in [0.29, 0.717) is 16.6 Å². The first-order chi connectivity index (χ1) is 10.5. The maximum Gasteiger partial charge on any atom is 2.00 e. The molecule has 0 aliphatic carbocycles. The van der Waals surface area contributed by atoms with Gasteiger partial charge in [-0.25, -0.2) is 4.79 Å². The zero-order valence-corrected chi connectivity index (χ0v) is 15.6. The van der Waals surface area contributed by atoms with E-state index < -0.39 is 5.97 Å². The van der Waals surface area contributed by atoms with Gasteiger partial charge in [0.25, 0.3) is 0 Å². The summed E-state index contributed by atoms with van der Waals surface area (Å²) in [5, 5.41) is 9.84. The van der Waals surface area contributed by atoms with Crippen LogP contribution in [0.5, 0.6) is 0 Å². The van der Waals surface area contributed by atoms with Gasteiger partial charge in [-0.05, 0) is 42.8 Å². The number of benzene rings is 2. The number of hydrogen-bond donors (Lipinski definition) is 1. The normalized spacial score (nSPS) is 10.7. The van der Waals surface area contributed by atoms with Crippen LogP contribution in [0.25, 0.3) is 21.9 Å². The van der Waals surface area contributed by atoms with E-state index in [2.05, 4.69) is 0 Å². The molecular weight excluding hydrogens is 345 g/mol. The molecule has 0 atom stereocenters. The first-order valence-electron chi connectivity index (χ1n) is 6.41. The minimum Gasteiger partial charge on any atom is -1.00 e. The third-order valence-electron chi connectivity index (χ3n) is 3.41. The number of aromatic carboxylic acids is 1. The molecular formula is C16H14MgO4S2. The third kappa shape index (κ3) is 3.23. The summed E-state index contributed by atoms with van der Waals surface area (Å²) in [7, 11) is 0. The van der Waals surface area contributed by atoms with E-state index in [1.165, 1.54) is 30.0 Å². The molecule has 1 N–H and O–H groups in total. The van der Waals surface area contributed by atoms with Crippen molar-refractivity contribution in [3.05, 3.63) is 46.1 Å². The molecule has 1 heterocycles. The van der Waals surface area contributed by atoms with Gasteiger partial charge >= 0.3 is 29.0 Å². The summed E-state index contributed by atoms with van der Waals surface area (Å²) in [4.78, 5) is 25.7. The molecule has 2 aromatic carbocycles. The second-order valence-electron chi connectivity index (χ2n) is 4.65. The van der Waals surface area contributed by atoms with Gasteiger partial charge in [0, 0.05) is 4.90 Å². The van der Waals surface area contributed by atoms with Gasteiger partial charge in [0.2, 0.25) is 5.43 Å². The fraction of sp³-hybridized carbons (Fsp3) is 0.125. The van der Waals surface area contributed by atoms with Crippen molar-refractivity contribution >= 4 is 74.5 Å². The molecule has 0 radical (unpaired) electrons.